The highest BCUT2D eigenvalue weighted by atomic mass is 32.2. The van der Waals surface area contributed by atoms with Gasteiger partial charge in [-0.05, 0) is 55.4 Å². The van der Waals surface area contributed by atoms with E-state index in [2.05, 4.69) is 11.4 Å². The summed E-state index contributed by atoms with van der Waals surface area (Å²) in [6.45, 7) is 3.93. The molecule has 1 fully saturated rings. The third kappa shape index (κ3) is 2.93. The third-order valence-electron chi connectivity index (χ3n) is 3.76. The van der Waals surface area contributed by atoms with E-state index in [9.17, 15) is 10.1 Å². The molecule has 1 heterocycles. The van der Waals surface area contributed by atoms with E-state index < -0.39 is 5.54 Å². The van der Waals surface area contributed by atoms with Gasteiger partial charge in [-0.15, -0.1) is 0 Å². The number of carbonyl (C=O) groups is 1. The van der Waals surface area contributed by atoms with Gasteiger partial charge < -0.3 is 5.32 Å². The molecule has 0 aliphatic carbocycles. The Balaban J connectivity index is 2.21. The summed E-state index contributed by atoms with van der Waals surface area (Å²) >= 11 is 1.84. The first kappa shape index (κ1) is 14.0. The van der Waals surface area contributed by atoms with Gasteiger partial charge >= 0.3 is 0 Å². The number of hydrogen-bond donors (Lipinski definition) is 1. The molecule has 2 rings (SSSR count). The van der Waals surface area contributed by atoms with Crippen LogP contribution in [0.4, 0.5) is 0 Å². The SMILES string of the molecule is Cc1cccc(C(=O)NC2(C#N)CCSCC2)c1C. The van der Waals surface area contributed by atoms with Crippen LogP contribution in [0.3, 0.4) is 0 Å². The summed E-state index contributed by atoms with van der Waals surface area (Å²) in [7, 11) is 0. The van der Waals surface area contributed by atoms with Crippen molar-refractivity contribution in [2.24, 2.45) is 0 Å². The summed E-state index contributed by atoms with van der Waals surface area (Å²) in [4.78, 5) is 12.4. The van der Waals surface area contributed by atoms with Crippen LogP contribution in [0, 0.1) is 25.2 Å². The van der Waals surface area contributed by atoms with Crippen molar-refractivity contribution >= 4 is 17.7 Å². The Bertz CT molecular complexity index is 527. The molecule has 4 heteroatoms. The highest BCUT2D eigenvalue weighted by Gasteiger charge is 2.34. The molecule has 0 spiro atoms. The Morgan fingerprint density at radius 1 is 1.37 bits per heavy atom. The van der Waals surface area contributed by atoms with Crippen LogP contribution in [0.15, 0.2) is 18.2 Å². The second-order valence-electron chi connectivity index (χ2n) is 5.01. The number of aryl methyl sites for hydroxylation is 1. The van der Waals surface area contributed by atoms with Crippen molar-refractivity contribution in [1.29, 1.82) is 5.26 Å². The summed E-state index contributed by atoms with van der Waals surface area (Å²) in [5.41, 5.74) is 2.07. The van der Waals surface area contributed by atoms with Crippen LogP contribution in [-0.2, 0) is 0 Å². The number of rotatable bonds is 2. The van der Waals surface area contributed by atoms with Gasteiger partial charge in [-0.2, -0.15) is 17.0 Å². The number of nitriles is 1. The first-order valence-electron chi connectivity index (χ1n) is 6.46. The normalized spacial score (nSPS) is 17.5. The Labute approximate surface area is 118 Å². The molecule has 1 aliphatic heterocycles. The zero-order valence-electron chi connectivity index (χ0n) is 11.3. The standard InChI is InChI=1S/C15H18N2OS/c1-11-4-3-5-13(12(11)2)14(18)17-15(10-16)6-8-19-9-7-15/h3-5H,6-9H2,1-2H3,(H,17,18). The first-order valence-corrected chi connectivity index (χ1v) is 7.61. The molecule has 0 bridgehead atoms. The van der Waals surface area contributed by atoms with Gasteiger partial charge in [0.15, 0.2) is 0 Å². The average Bonchev–Trinajstić information content (AvgIpc) is 2.42. The highest BCUT2D eigenvalue weighted by molar-refractivity contribution is 7.99. The molecule has 0 atom stereocenters. The molecule has 1 N–H and O–H groups in total. The monoisotopic (exact) mass is 274 g/mol. The van der Waals surface area contributed by atoms with Crippen molar-refractivity contribution in [1.82, 2.24) is 5.32 Å². The highest BCUT2D eigenvalue weighted by Crippen LogP contribution is 2.27. The lowest BCUT2D eigenvalue weighted by Crippen LogP contribution is -2.49. The van der Waals surface area contributed by atoms with E-state index in [-0.39, 0.29) is 5.91 Å². The number of nitrogens with one attached hydrogen (secondary N) is 1. The maximum Gasteiger partial charge on any atom is 0.252 e. The molecule has 1 amide bonds. The van der Waals surface area contributed by atoms with Crippen LogP contribution in [0.5, 0.6) is 0 Å². The van der Waals surface area contributed by atoms with Crippen LogP contribution in [-0.4, -0.2) is 23.0 Å². The molecule has 0 saturated carbocycles. The molecule has 3 nitrogen and oxygen atoms in total. The van der Waals surface area contributed by atoms with E-state index in [0.29, 0.717) is 5.56 Å². The molecule has 0 radical (unpaired) electrons. The largest absolute Gasteiger partial charge is 0.334 e. The van der Waals surface area contributed by atoms with E-state index in [1.165, 1.54) is 0 Å². The summed E-state index contributed by atoms with van der Waals surface area (Å²) < 4.78 is 0. The Morgan fingerprint density at radius 3 is 2.68 bits per heavy atom. The Kier molecular flexibility index (Phi) is 4.16. The second kappa shape index (κ2) is 5.66. The lowest BCUT2D eigenvalue weighted by atomic mass is 9.93. The summed E-state index contributed by atoms with van der Waals surface area (Å²) in [6, 6.07) is 8.00. The smallest absolute Gasteiger partial charge is 0.252 e. The molecule has 1 aromatic carbocycles. The van der Waals surface area contributed by atoms with E-state index >= 15 is 0 Å². The molecule has 1 aromatic rings. The lowest BCUT2D eigenvalue weighted by Gasteiger charge is -2.31. The van der Waals surface area contributed by atoms with Crippen molar-refractivity contribution < 1.29 is 4.79 Å². The maximum atomic E-state index is 12.4. The topological polar surface area (TPSA) is 52.9 Å². The second-order valence-corrected chi connectivity index (χ2v) is 6.23. The van der Waals surface area contributed by atoms with Crippen molar-refractivity contribution in [2.75, 3.05) is 11.5 Å². The van der Waals surface area contributed by atoms with Crippen LogP contribution >= 0.6 is 11.8 Å². The number of amides is 1. The van der Waals surface area contributed by atoms with E-state index in [1.807, 2.05) is 43.8 Å². The number of carbonyl (C=O) groups excluding carboxylic acids is 1. The molecule has 1 saturated heterocycles. The first-order chi connectivity index (χ1) is 9.08. The zero-order chi connectivity index (χ0) is 13.9. The van der Waals surface area contributed by atoms with E-state index in [1.54, 1.807) is 0 Å². The van der Waals surface area contributed by atoms with Crippen LogP contribution < -0.4 is 5.32 Å². The molecule has 19 heavy (non-hydrogen) atoms. The fourth-order valence-electron chi connectivity index (χ4n) is 2.27. The van der Waals surface area contributed by atoms with E-state index in [0.717, 1.165) is 35.5 Å². The van der Waals surface area contributed by atoms with Crippen molar-refractivity contribution in [3.05, 3.63) is 34.9 Å². The predicted molar refractivity (Wildman–Crippen MR) is 78.3 cm³/mol. The Morgan fingerprint density at radius 2 is 2.05 bits per heavy atom. The molecule has 0 unspecified atom stereocenters. The quantitative estimate of drug-likeness (QED) is 0.902. The van der Waals surface area contributed by atoms with Gasteiger partial charge in [0.05, 0.1) is 6.07 Å². The zero-order valence-corrected chi connectivity index (χ0v) is 12.1. The number of thioether (sulfide) groups is 1. The maximum absolute atomic E-state index is 12.4. The summed E-state index contributed by atoms with van der Waals surface area (Å²) in [5.74, 6) is 1.73. The minimum atomic E-state index is -0.682. The van der Waals surface area contributed by atoms with Crippen molar-refractivity contribution in [3.8, 4) is 6.07 Å². The van der Waals surface area contributed by atoms with Gasteiger partial charge in [0.2, 0.25) is 0 Å². The van der Waals surface area contributed by atoms with Crippen molar-refractivity contribution in [2.45, 2.75) is 32.2 Å². The van der Waals surface area contributed by atoms with E-state index in [4.69, 9.17) is 0 Å². The molecule has 1 aliphatic rings. The minimum absolute atomic E-state index is 0.130. The third-order valence-corrected chi connectivity index (χ3v) is 4.75. The lowest BCUT2D eigenvalue weighted by molar-refractivity contribution is 0.0915. The van der Waals surface area contributed by atoms with Gasteiger partial charge in [-0.25, -0.2) is 0 Å². The van der Waals surface area contributed by atoms with Crippen molar-refractivity contribution in [3.63, 3.8) is 0 Å². The predicted octanol–water partition coefficient (Wildman–Crippen LogP) is 2.82. The van der Waals surface area contributed by atoms with Crippen LogP contribution in [0.2, 0.25) is 0 Å². The van der Waals surface area contributed by atoms with Gasteiger partial charge in [0, 0.05) is 5.56 Å². The van der Waals surface area contributed by atoms with Gasteiger partial charge in [-0.3, -0.25) is 4.79 Å². The number of benzene rings is 1. The number of hydrogen-bond acceptors (Lipinski definition) is 3. The van der Waals surface area contributed by atoms with Gasteiger partial charge in [-0.1, -0.05) is 12.1 Å². The van der Waals surface area contributed by atoms with Crippen LogP contribution in [0.1, 0.15) is 34.3 Å². The molecular formula is C15H18N2OS. The summed E-state index contributed by atoms with van der Waals surface area (Å²) in [5, 5.41) is 12.3. The summed E-state index contributed by atoms with van der Waals surface area (Å²) in [6.07, 6.45) is 1.45. The fraction of sp³-hybridized carbons (Fsp3) is 0.467. The molecule has 100 valence electrons. The molecular weight excluding hydrogens is 256 g/mol. The Hall–Kier alpha value is -1.47. The van der Waals surface area contributed by atoms with Gasteiger partial charge in [0.1, 0.15) is 5.54 Å². The number of nitrogens with zero attached hydrogens (tertiary/aromatic N) is 1. The fourth-order valence-corrected chi connectivity index (χ4v) is 3.46. The minimum Gasteiger partial charge on any atom is -0.334 e. The van der Waals surface area contributed by atoms with Crippen LogP contribution in [0.25, 0.3) is 0 Å². The average molecular weight is 274 g/mol. The molecule has 0 aromatic heterocycles. The van der Waals surface area contributed by atoms with Gasteiger partial charge in [0.25, 0.3) is 5.91 Å².